The standard InChI is InChI=1S/C18H20ClNO2S/c1-2-14-5-3-4-6-17(14)20-18(21)13-23-12-11-22-16-9-7-15(19)8-10-16/h3-10H,2,11-13H2,1H3,(H,20,21). The summed E-state index contributed by atoms with van der Waals surface area (Å²) in [4.78, 5) is 12.0. The summed E-state index contributed by atoms with van der Waals surface area (Å²) in [5.74, 6) is 1.98. The lowest BCUT2D eigenvalue weighted by Crippen LogP contribution is -2.16. The summed E-state index contributed by atoms with van der Waals surface area (Å²) in [6.07, 6.45) is 0.901. The van der Waals surface area contributed by atoms with Gasteiger partial charge in [0.05, 0.1) is 12.4 Å². The van der Waals surface area contributed by atoms with E-state index in [1.165, 1.54) is 0 Å². The molecule has 23 heavy (non-hydrogen) atoms. The molecule has 0 saturated heterocycles. The third-order valence-electron chi connectivity index (χ3n) is 3.22. The maximum absolute atomic E-state index is 12.0. The maximum Gasteiger partial charge on any atom is 0.234 e. The number of para-hydroxylation sites is 1. The van der Waals surface area contributed by atoms with Gasteiger partial charge in [0.25, 0.3) is 0 Å². The van der Waals surface area contributed by atoms with Gasteiger partial charge in [0.1, 0.15) is 5.75 Å². The summed E-state index contributed by atoms with van der Waals surface area (Å²) in [5.41, 5.74) is 2.05. The first-order valence-electron chi connectivity index (χ1n) is 7.53. The van der Waals surface area contributed by atoms with E-state index in [1.54, 1.807) is 23.9 Å². The SMILES string of the molecule is CCc1ccccc1NC(=O)CSCCOc1ccc(Cl)cc1. The van der Waals surface area contributed by atoms with Crippen LogP contribution in [-0.2, 0) is 11.2 Å². The van der Waals surface area contributed by atoms with Gasteiger partial charge < -0.3 is 10.1 Å². The van der Waals surface area contributed by atoms with E-state index in [0.29, 0.717) is 17.4 Å². The number of anilines is 1. The van der Waals surface area contributed by atoms with Crippen LogP contribution in [0.1, 0.15) is 12.5 Å². The average Bonchev–Trinajstić information content (AvgIpc) is 2.57. The van der Waals surface area contributed by atoms with E-state index in [2.05, 4.69) is 12.2 Å². The number of thioether (sulfide) groups is 1. The highest BCUT2D eigenvalue weighted by Crippen LogP contribution is 2.17. The van der Waals surface area contributed by atoms with Crippen molar-refractivity contribution in [2.45, 2.75) is 13.3 Å². The van der Waals surface area contributed by atoms with Gasteiger partial charge in [-0.25, -0.2) is 0 Å². The summed E-state index contributed by atoms with van der Waals surface area (Å²) in [6.45, 7) is 2.64. The predicted octanol–water partition coefficient (Wildman–Crippen LogP) is 4.65. The fourth-order valence-electron chi connectivity index (χ4n) is 2.05. The number of hydrogen-bond acceptors (Lipinski definition) is 3. The molecule has 0 aliphatic rings. The highest BCUT2D eigenvalue weighted by atomic mass is 35.5. The molecule has 0 aromatic heterocycles. The highest BCUT2D eigenvalue weighted by Gasteiger charge is 2.05. The van der Waals surface area contributed by atoms with Crippen LogP contribution in [0.5, 0.6) is 5.75 Å². The molecule has 0 aliphatic heterocycles. The topological polar surface area (TPSA) is 38.3 Å². The number of rotatable bonds is 8. The Bertz CT molecular complexity index is 631. The molecule has 2 rings (SSSR count). The lowest BCUT2D eigenvalue weighted by atomic mass is 10.1. The van der Waals surface area contributed by atoms with Crippen molar-refractivity contribution in [2.75, 3.05) is 23.4 Å². The van der Waals surface area contributed by atoms with Crippen LogP contribution >= 0.6 is 23.4 Å². The van der Waals surface area contributed by atoms with E-state index < -0.39 is 0 Å². The number of amides is 1. The third-order valence-corrected chi connectivity index (χ3v) is 4.39. The largest absolute Gasteiger partial charge is 0.493 e. The van der Waals surface area contributed by atoms with Crippen molar-refractivity contribution >= 4 is 35.0 Å². The number of carbonyl (C=O) groups is 1. The number of nitrogens with one attached hydrogen (secondary N) is 1. The molecule has 3 nitrogen and oxygen atoms in total. The van der Waals surface area contributed by atoms with Crippen LogP contribution in [0.4, 0.5) is 5.69 Å². The third kappa shape index (κ3) is 6.16. The Morgan fingerprint density at radius 1 is 1.17 bits per heavy atom. The van der Waals surface area contributed by atoms with E-state index in [0.717, 1.165) is 29.2 Å². The molecule has 1 N–H and O–H groups in total. The highest BCUT2D eigenvalue weighted by molar-refractivity contribution is 7.99. The summed E-state index contributed by atoms with van der Waals surface area (Å²) >= 11 is 7.37. The Labute approximate surface area is 146 Å². The van der Waals surface area contributed by atoms with E-state index in [1.807, 2.05) is 36.4 Å². The van der Waals surface area contributed by atoms with Gasteiger partial charge in [-0.05, 0) is 42.3 Å². The van der Waals surface area contributed by atoms with Gasteiger partial charge in [-0.1, -0.05) is 36.7 Å². The van der Waals surface area contributed by atoms with Crippen molar-refractivity contribution in [2.24, 2.45) is 0 Å². The summed E-state index contributed by atoms with van der Waals surface area (Å²) in [6, 6.07) is 15.1. The van der Waals surface area contributed by atoms with Crippen LogP contribution in [0.2, 0.25) is 5.02 Å². The number of hydrogen-bond donors (Lipinski definition) is 1. The molecule has 0 saturated carbocycles. The lowest BCUT2D eigenvalue weighted by molar-refractivity contribution is -0.113. The van der Waals surface area contributed by atoms with Gasteiger partial charge in [-0.3, -0.25) is 4.79 Å². The van der Waals surface area contributed by atoms with Crippen LogP contribution in [0.15, 0.2) is 48.5 Å². The van der Waals surface area contributed by atoms with Crippen molar-refractivity contribution in [3.63, 3.8) is 0 Å². The molecule has 2 aromatic rings. The Balaban J connectivity index is 1.66. The molecule has 0 heterocycles. The Hall–Kier alpha value is -1.65. The van der Waals surface area contributed by atoms with Crippen molar-refractivity contribution in [1.82, 2.24) is 0 Å². The summed E-state index contributed by atoms with van der Waals surface area (Å²) in [5, 5.41) is 3.65. The first kappa shape index (κ1) is 17.7. The quantitative estimate of drug-likeness (QED) is 0.705. The van der Waals surface area contributed by atoms with Crippen LogP contribution in [0.25, 0.3) is 0 Å². The minimum atomic E-state index is 0.0161. The number of halogens is 1. The Morgan fingerprint density at radius 3 is 2.65 bits per heavy atom. The fourth-order valence-corrected chi connectivity index (χ4v) is 2.78. The number of carbonyl (C=O) groups excluding carboxylic acids is 1. The number of ether oxygens (including phenoxy) is 1. The van der Waals surface area contributed by atoms with Crippen LogP contribution in [0.3, 0.4) is 0 Å². The van der Waals surface area contributed by atoms with Crippen molar-refractivity contribution < 1.29 is 9.53 Å². The fraction of sp³-hybridized carbons (Fsp3) is 0.278. The van der Waals surface area contributed by atoms with Crippen molar-refractivity contribution in [3.8, 4) is 5.75 Å². The molecule has 2 aromatic carbocycles. The zero-order chi connectivity index (χ0) is 16.5. The van der Waals surface area contributed by atoms with Crippen LogP contribution < -0.4 is 10.1 Å². The molecule has 1 amide bonds. The number of benzene rings is 2. The summed E-state index contributed by atoms with van der Waals surface area (Å²) in [7, 11) is 0. The van der Waals surface area contributed by atoms with Gasteiger partial charge in [0, 0.05) is 16.5 Å². The van der Waals surface area contributed by atoms with Crippen LogP contribution in [-0.4, -0.2) is 24.0 Å². The van der Waals surface area contributed by atoms with Gasteiger partial charge in [0.15, 0.2) is 0 Å². The molecular weight excluding hydrogens is 330 g/mol. The normalized spacial score (nSPS) is 10.3. The molecule has 0 spiro atoms. The minimum Gasteiger partial charge on any atom is -0.493 e. The van der Waals surface area contributed by atoms with E-state index in [-0.39, 0.29) is 5.91 Å². The molecule has 122 valence electrons. The van der Waals surface area contributed by atoms with Gasteiger partial charge >= 0.3 is 0 Å². The summed E-state index contributed by atoms with van der Waals surface area (Å²) < 4.78 is 5.59. The van der Waals surface area contributed by atoms with Gasteiger partial charge in [-0.15, -0.1) is 11.8 Å². The smallest absolute Gasteiger partial charge is 0.234 e. The van der Waals surface area contributed by atoms with Crippen molar-refractivity contribution in [1.29, 1.82) is 0 Å². The Kier molecular flexibility index (Phi) is 7.30. The first-order valence-corrected chi connectivity index (χ1v) is 9.06. The monoisotopic (exact) mass is 349 g/mol. The second-order valence-corrected chi connectivity index (χ2v) is 6.46. The first-order chi connectivity index (χ1) is 11.2. The average molecular weight is 350 g/mol. The molecule has 5 heteroatoms. The molecule has 0 radical (unpaired) electrons. The molecule has 0 aliphatic carbocycles. The predicted molar refractivity (Wildman–Crippen MR) is 98.7 cm³/mol. The van der Waals surface area contributed by atoms with Gasteiger partial charge in [0.2, 0.25) is 5.91 Å². The zero-order valence-corrected chi connectivity index (χ0v) is 14.6. The van der Waals surface area contributed by atoms with Crippen molar-refractivity contribution in [3.05, 3.63) is 59.1 Å². The molecular formula is C18H20ClNO2S. The van der Waals surface area contributed by atoms with Crippen LogP contribution in [0, 0.1) is 0 Å². The van der Waals surface area contributed by atoms with E-state index in [9.17, 15) is 4.79 Å². The second kappa shape index (κ2) is 9.48. The van der Waals surface area contributed by atoms with E-state index in [4.69, 9.17) is 16.3 Å². The lowest BCUT2D eigenvalue weighted by Gasteiger charge is -2.10. The van der Waals surface area contributed by atoms with E-state index >= 15 is 0 Å². The van der Waals surface area contributed by atoms with Gasteiger partial charge in [-0.2, -0.15) is 0 Å². The molecule has 0 fully saturated rings. The number of aryl methyl sites for hydroxylation is 1. The second-order valence-electron chi connectivity index (χ2n) is 4.91. The maximum atomic E-state index is 12.0. The Morgan fingerprint density at radius 2 is 1.91 bits per heavy atom. The molecule has 0 atom stereocenters. The minimum absolute atomic E-state index is 0.0161. The molecule has 0 bridgehead atoms. The molecule has 0 unspecified atom stereocenters. The zero-order valence-electron chi connectivity index (χ0n) is 13.0.